The molecule has 9 nitrogen and oxygen atoms in total. The molecule has 2 atom stereocenters. The van der Waals surface area contributed by atoms with Crippen molar-refractivity contribution in [3.8, 4) is 0 Å². The van der Waals surface area contributed by atoms with Gasteiger partial charge in [0.05, 0.1) is 20.3 Å². The van der Waals surface area contributed by atoms with Gasteiger partial charge in [0.2, 0.25) is 0 Å². The van der Waals surface area contributed by atoms with Crippen molar-refractivity contribution in [2.45, 2.75) is 18.2 Å². The Morgan fingerprint density at radius 2 is 1.37 bits per heavy atom. The average Bonchev–Trinajstić information content (AvgIpc) is 2.96. The van der Waals surface area contributed by atoms with Crippen molar-refractivity contribution in [3.63, 3.8) is 0 Å². The quantitative estimate of drug-likeness (QED) is 0.680. The van der Waals surface area contributed by atoms with Crippen LogP contribution in [0.5, 0.6) is 0 Å². The molecule has 1 saturated heterocycles. The van der Waals surface area contributed by atoms with Crippen LogP contribution in [0.15, 0.2) is 49.1 Å². The fraction of sp³-hybridized carbons (Fsp3) is 0.429. The van der Waals surface area contributed by atoms with Crippen molar-refractivity contribution in [2.24, 2.45) is 0 Å². The zero-order valence-corrected chi connectivity index (χ0v) is 17.0. The second-order valence-electron chi connectivity index (χ2n) is 7.07. The summed E-state index contributed by atoms with van der Waals surface area (Å²) >= 11 is 0. The number of pyridine rings is 2. The van der Waals surface area contributed by atoms with Crippen molar-refractivity contribution >= 4 is 11.9 Å². The number of β-amino-alcohol motifs (C(OH)–C–C–N with tert-alkyl or cyclic N) is 1. The smallest absolute Gasteiger partial charge is 0.327 e. The Morgan fingerprint density at radius 1 is 0.933 bits per heavy atom. The first-order valence-electron chi connectivity index (χ1n) is 9.66. The molecule has 0 bridgehead atoms. The lowest BCUT2D eigenvalue weighted by Crippen LogP contribution is -2.40. The Kier molecular flexibility index (Phi) is 7.45. The van der Waals surface area contributed by atoms with E-state index in [0.717, 1.165) is 0 Å². The van der Waals surface area contributed by atoms with E-state index in [0.29, 0.717) is 24.2 Å². The minimum atomic E-state index is -0.792. The van der Waals surface area contributed by atoms with Gasteiger partial charge >= 0.3 is 11.9 Å². The summed E-state index contributed by atoms with van der Waals surface area (Å²) in [6.45, 7) is 1.34. The van der Waals surface area contributed by atoms with Crippen LogP contribution in [0.4, 0.5) is 0 Å². The molecule has 3 rings (SSSR count). The van der Waals surface area contributed by atoms with Gasteiger partial charge in [0.25, 0.3) is 0 Å². The molecular formula is C21H26N4O5. The lowest BCUT2D eigenvalue weighted by atomic mass is 10.1. The summed E-state index contributed by atoms with van der Waals surface area (Å²) in [5.74, 6) is -0.860. The van der Waals surface area contributed by atoms with Gasteiger partial charge < -0.3 is 14.6 Å². The Morgan fingerprint density at radius 3 is 1.70 bits per heavy atom. The predicted molar refractivity (Wildman–Crippen MR) is 107 cm³/mol. The minimum absolute atomic E-state index is 0.242. The van der Waals surface area contributed by atoms with Gasteiger partial charge in [-0.1, -0.05) is 12.1 Å². The number of carbonyl (C=O) groups is 2. The second-order valence-corrected chi connectivity index (χ2v) is 7.07. The van der Waals surface area contributed by atoms with Crippen LogP contribution < -0.4 is 0 Å². The predicted octanol–water partition coefficient (Wildman–Crippen LogP) is 0.583. The van der Waals surface area contributed by atoms with Crippen LogP contribution in [0.25, 0.3) is 0 Å². The number of esters is 2. The summed E-state index contributed by atoms with van der Waals surface area (Å²) in [6.07, 6.45) is 5.70. The van der Waals surface area contributed by atoms with Gasteiger partial charge in [0.15, 0.2) is 0 Å². The molecule has 30 heavy (non-hydrogen) atoms. The van der Waals surface area contributed by atoms with Crippen molar-refractivity contribution in [2.75, 3.05) is 40.4 Å². The standard InChI is InChI=1S/C21H26N4O5/c1-29-20(27)18(15-5-3-7-22-11-15)24-9-10-25(14-17(26)13-24)19(21(28)30-2)16-6-4-8-23-12-16/h3-8,11-12,17-19,26H,9-10,13-14H2,1-2H3. The van der Waals surface area contributed by atoms with E-state index in [1.807, 2.05) is 9.80 Å². The van der Waals surface area contributed by atoms with E-state index in [2.05, 4.69) is 9.97 Å². The molecule has 2 aromatic rings. The van der Waals surface area contributed by atoms with E-state index in [9.17, 15) is 14.7 Å². The summed E-state index contributed by atoms with van der Waals surface area (Å²) in [5.41, 5.74) is 1.36. The molecule has 0 aliphatic carbocycles. The third-order valence-corrected chi connectivity index (χ3v) is 5.14. The Bertz CT molecular complexity index is 766. The minimum Gasteiger partial charge on any atom is -0.468 e. The number of aromatic nitrogens is 2. The van der Waals surface area contributed by atoms with Crippen molar-refractivity contribution < 1.29 is 24.2 Å². The lowest BCUT2D eigenvalue weighted by Gasteiger charge is -2.30. The number of carbonyl (C=O) groups excluding carboxylic acids is 2. The molecule has 160 valence electrons. The molecule has 3 heterocycles. The van der Waals surface area contributed by atoms with Gasteiger partial charge in [-0.25, -0.2) is 9.59 Å². The Hall–Kier alpha value is -2.88. The Labute approximate surface area is 175 Å². The normalized spacial score (nSPS) is 20.0. The zero-order chi connectivity index (χ0) is 21.5. The molecular weight excluding hydrogens is 388 g/mol. The SMILES string of the molecule is COC(=O)C(c1cccnc1)N1CCN(C(C(=O)OC)c2cccnc2)CC(O)C1. The third-order valence-electron chi connectivity index (χ3n) is 5.14. The van der Waals surface area contributed by atoms with Gasteiger partial charge in [0, 0.05) is 51.0 Å². The maximum atomic E-state index is 12.6. The molecule has 0 amide bonds. The van der Waals surface area contributed by atoms with E-state index in [1.165, 1.54) is 14.2 Å². The highest BCUT2D eigenvalue weighted by atomic mass is 16.5. The third kappa shape index (κ3) is 4.99. The first-order chi connectivity index (χ1) is 14.5. The zero-order valence-electron chi connectivity index (χ0n) is 17.0. The average molecular weight is 414 g/mol. The van der Waals surface area contributed by atoms with Crippen molar-refractivity contribution in [1.29, 1.82) is 0 Å². The molecule has 0 radical (unpaired) electrons. The number of methoxy groups -OCH3 is 2. The van der Waals surface area contributed by atoms with Crippen molar-refractivity contribution in [1.82, 2.24) is 19.8 Å². The molecule has 0 saturated carbocycles. The number of hydrogen-bond acceptors (Lipinski definition) is 9. The van der Waals surface area contributed by atoms with E-state index in [4.69, 9.17) is 9.47 Å². The summed E-state index contributed by atoms with van der Waals surface area (Å²) in [7, 11) is 2.67. The van der Waals surface area contributed by atoms with E-state index >= 15 is 0 Å². The summed E-state index contributed by atoms with van der Waals surface area (Å²) in [5, 5.41) is 10.7. The molecule has 9 heteroatoms. The largest absolute Gasteiger partial charge is 0.468 e. The highest BCUT2D eigenvalue weighted by Crippen LogP contribution is 2.27. The van der Waals surface area contributed by atoms with E-state index in [1.54, 1.807) is 49.1 Å². The van der Waals surface area contributed by atoms with Gasteiger partial charge in [0.1, 0.15) is 12.1 Å². The van der Waals surface area contributed by atoms with Gasteiger partial charge in [-0.3, -0.25) is 19.8 Å². The van der Waals surface area contributed by atoms with Crippen LogP contribution in [0, 0.1) is 0 Å². The van der Waals surface area contributed by atoms with Crippen LogP contribution in [-0.4, -0.2) is 83.3 Å². The fourth-order valence-electron chi connectivity index (χ4n) is 3.80. The fourth-order valence-corrected chi connectivity index (χ4v) is 3.80. The molecule has 2 aromatic heterocycles. The molecule has 2 unspecified atom stereocenters. The maximum absolute atomic E-state index is 12.6. The number of hydrogen-bond donors (Lipinski definition) is 1. The molecule has 0 spiro atoms. The lowest BCUT2D eigenvalue weighted by molar-refractivity contribution is -0.149. The number of aliphatic hydroxyl groups is 1. The maximum Gasteiger partial charge on any atom is 0.327 e. The first-order valence-corrected chi connectivity index (χ1v) is 9.66. The van der Waals surface area contributed by atoms with E-state index in [-0.39, 0.29) is 13.1 Å². The number of rotatable bonds is 6. The summed E-state index contributed by atoms with van der Waals surface area (Å²) < 4.78 is 10.0. The van der Waals surface area contributed by atoms with Crippen LogP contribution in [0.1, 0.15) is 23.2 Å². The highest BCUT2D eigenvalue weighted by molar-refractivity contribution is 5.78. The molecule has 1 aliphatic heterocycles. The number of ether oxygens (including phenoxy) is 2. The van der Waals surface area contributed by atoms with Crippen LogP contribution in [-0.2, 0) is 19.1 Å². The van der Waals surface area contributed by atoms with Crippen molar-refractivity contribution in [3.05, 3.63) is 60.2 Å². The van der Waals surface area contributed by atoms with Crippen LogP contribution in [0.2, 0.25) is 0 Å². The van der Waals surface area contributed by atoms with Gasteiger partial charge in [-0.15, -0.1) is 0 Å². The van der Waals surface area contributed by atoms with Crippen LogP contribution >= 0.6 is 0 Å². The number of aliphatic hydroxyl groups excluding tert-OH is 1. The summed E-state index contributed by atoms with van der Waals surface area (Å²) in [4.78, 5) is 37.0. The topological polar surface area (TPSA) is 105 Å². The van der Waals surface area contributed by atoms with E-state index < -0.39 is 30.1 Å². The molecule has 1 fully saturated rings. The Balaban J connectivity index is 1.86. The van der Waals surface area contributed by atoms with Gasteiger partial charge in [-0.2, -0.15) is 0 Å². The second kappa shape index (κ2) is 10.2. The monoisotopic (exact) mass is 414 g/mol. The molecule has 1 aliphatic rings. The van der Waals surface area contributed by atoms with Gasteiger partial charge in [-0.05, 0) is 23.3 Å². The highest BCUT2D eigenvalue weighted by Gasteiger charge is 2.37. The number of nitrogens with zero attached hydrogens (tertiary/aromatic N) is 4. The molecule has 1 N–H and O–H groups in total. The molecule has 0 aromatic carbocycles. The van der Waals surface area contributed by atoms with Crippen LogP contribution in [0.3, 0.4) is 0 Å². The summed E-state index contributed by atoms with van der Waals surface area (Å²) in [6, 6.07) is 5.71. The first kappa shape index (κ1) is 21.8.